The first-order chi connectivity index (χ1) is 10.3. The van der Waals surface area contributed by atoms with Gasteiger partial charge in [0, 0.05) is 43.6 Å². The lowest BCUT2D eigenvalue weighted by molar-refractivity contribution is 0.0644. The number of fused-ring (bicyclic) bond motifs is 1. The molecule has 0 spiro atoms. The fourth-order valence-electron chi connectivity index (χ4n) is 2.65. The third kappa shape index (κ3) is 3.32. The lowest BCUT2D eigenvalue weighted by Gasteiger charge is -2.34. The fraction of sp³-hybridized carbons (Fsp3) is 0.533. The molecule has 0 atom stereocenters. The van der Waals surface area contributed by atoms with Crippen molar-refractivity contribution in [3.05, 3.63) is 23.8 Å². The van der Waals surface area contributed by atoms with Gasteiger partial charge in [0.05, 0.1) is 0 Å². The summed E-state index contributed by atoms with van der Waals surface area (Å²) in [6, 6.07) is 5.44. The quantitative estimate of drug-likeness (QED) is 0.773. The topological polar surface area (TPSA) is 42.0 Å². The number of ether oxygens (including phenoxy) is 2. The van der Waals surface area contributed by atoms with Crippen LogP contribution in [0.15, 0.2) is 18.2 Å². The highest BCUT2D eigenvalue weighted by Crippen LogP contribution is 2.31. The van der Waals surface area contributed by atoms with Crippen molar-refractivity contribution >= 4 is 21.8 Å². The predicted octanol–water partition coefficient (Wildman–Crippen LogP) is 1.61. The van der Waals surface area contributed by atoms with Gasteiger partial charge in [-0.1, -0.05) is 15.9 Å². The largest absolute Gasteiger partial charge is 0.486 e. The Bertz CT molecular complexity index is 516. The highest BCUT2D eigenvalue weighted by atomic mass is 79.9. The number of benzene rings is 1. The zero-order valence-corrected chi connectivity index (χ0v) is 13.5. The van der Waals surface area contributed by atoms with Crippen LogP contribution in [-0.4, -0.2) is 67.0 Å². The number of carbonyl (C=O) groups excluding carboxylic acids is 1. The molecule has 0 N–H and O–H groups in total. The van der Waals surface area contributed by atoms with Crippen LogP contribution in [-0.2, 0) is 0 Å². The number of amides is 1. The second kappa shape index (κ2) is 6.66. The van der Waals surface area contributed by atoms with E-state index in [9.17, 15) is 4.79 Å². The maximum Gasteiger partial charge on any atom is 0.254 e. The number of hydrogen-bond acceptors (Lipinski definition) is 4. The zero-order chi connectivity index (χ0) is 14.7. The number of hydrogen-bond donors (Lipinski definition) is 0. The Morgan fingerprint density at radius 3 is 2.52 bits per heavy atom. The second-order valence-electron chi connectivity index (χ2n) is 5.18. The average Bonchev–Trinajstić information content (AvgIpc) is 2.55. The summed E-state index contributed by atoms with van der Waals surface area (Å²) in [7, 11) is 0. The van der Waals surface area contributed by atoms with E-state index in [0.29, 0.717) is 24.5 Å². The van der Waals surface area contributed by atoms with Gasteiger partial charge in [-0.2, -0.15) is 0 Å². The maximum absolute atomic E-state index is 12.6. The second-order valence-corrected chi connectivity index (χ2v) is 5.97. The van der Waals surface area contributed by atoms with Crippen molar-refractivity contribution in [2.75, 3.05) is 51.3 Å². The first-order valence-corrected chi connectivity index (χ1v) is 8.37. The van der Waals surface area contributed by atoms with Gasteiger partial charge >= 0.3 is 0 Å². The molecule has 1 aromatic carbocycles. The zero-order valence-electron chi connectivity index (χ0n) is 11.9. The lowest BCUT2D eigenvalue weighted by atomic mass is 10.1. The molecule has 0 bridgehead atoms. The minimum Gasteiger partial charge on any atom is -0.486 e. The Morgan fingerprint density at radius 2 is 1.81 bits per heavy atom. The Morgan fingerprint density at radius 1 is 1.10 bits per heavy atom. The summed E-state index contributed by atoms with van der Waals surface area (Å²) in [5.41, 5.74) is 0.674. The Hall–Kier alpha value is -1.27. The van der Waals surface area contributed by atoms with Crippen LogP contribution in [0.4, 0.5) is 0 Å². The van der Waals surface area contributed by atoms with Crippen LogP contribution >= 0.6 is 15.9 Å². The summed E-state index contributed by atoms with van der Waals surface area (Å²) in [5.74, 6) is 1.47. The van der Waals surface area contributed by atoms with Crippen molar-refractivity contribution in [1.82, 2.24) is 9.80 Å². The van der Waals surface area contributed by atoms with E-state index in [0.717, 1.165) is 43.8 Å². The molecule has 2 heterocycles. The Balaban J connectivity index is 1.66. The molecule has 1 fully saturated rings. The normalized spacial score (nSPS) is 18.6. The van der Waals surface area contributed by atoms with Crippen molar-refractivity contribution in [1.29, 1.82) is 0 Å². The van der Waals surface area contributed by atoms with Crippen LogP contribution in [0.1, 0.15) is 10.4 Å². The van der Waals surface area contributed by atoms with Gasteiger partial charge in [-0.3, -0.25) is 9.69 Å². The molecule has 1 aromatic rings. The van der Waals surface area contributed by atoms with E-state index < -0.39 is 0 Å². The summed E-state index contributed by atoms with van der Waals surface area (Å²) in [6.07, 6.45) is 0. The summed E-state index contributed by atoms with van der Waals surface area (Å²) in [6.45, 7) is 5.56. The smallest absolute Gasteiger partial charge is 0.254 e. The van der Waals surface area contributed by atoms with Crippen molar-refractivity contribution < 1.29 is 14.3 Å². The lowest BCUT2D eigenvalue weighted by Crippen LogP contribution is -2.49. The minimum atomic E-state index is 0.0745. The summed E-state index contributed by atoms with van der Waals surface area (Å²) in [5, 5.41) is 0.975. The number of alkyl halides is 1. The van der Waals surface area contributed by atoms with Crippen LogP contribution < -0.4 is 9.47 Å². The summed E-state index contributed by atoms with van der Waals surface area (Å²) >= 11 is 3.45. The van der Waals surface area contributed by atoms with E-state index in [2.05, 4.69) is 20.8 Å². The molecule has 5 nitrogen and oxygen atoms in total. The first-order valence-electron chi connectivity index (χ1n) is 7.25. The molecule has 3 rings (SSSR count). The van der Waals surface area contributed by atoms with Gasteiger partial charge in [0.15, 0.2) is 11.5 Å². The SMILES string of the molecule is O=C(c1ccc2c(c1)OCCO2)N1CCN(CCBr)CC1. The van der Waals surface area contributed by atoms with Crippen LogP contribution in [0.2, 0.25) is 0 Å². The van der Waals surface area contributed by atoms with Crippen molar-refractivity contribution in [2.24, 2.45) is 0 Å². The van der Waals surface area contributed by atoms with Gasteiger partial charge < -0.3 is 14.4 Å². The molecule has 0 aliphatic carbocycles. The molecule has 2 aliphatic heterocycles. The number of piperazine rings is 1. The average molecular weight is 355 g/mol. The van der Waals surface area contributed by atoms with Crippen LogP contribution in [0.25, 0.3) is 0 Å². The maximum atomic E-state index is 12.6. The summed E-state index contributed by atoms with van der Waals surface area (Å²) < 4.78 is 11.0. The van der Waals surface area contributed by atoms with Gasteiger partial charge in [0.25, 0.3) is 5.91 Å². The molecule has 6 heteroatoms. The molecule has 2 aliphatic rings. The number of halogens is 1. The van der Waals surface area contributed by atoms with E-state index in [1.807, 2.05) is 17.0 Å². The standard InChI is InChI=1S/C15H19BrN2O3/c16-3-4-17-5-7-18(8-6-17)15(19)12-1-2-13-14(11-12)21-10-9-20-13/h1-2,11H,3-10H2. The molecule has 1 saturated heterocycles. The molecular formula is C15H19BrN2O3. The predicted molar refractivity (Wildman–Crippen MR) is 83.6 cm³/mol. The van der Waals surface area contributed by atoms with E-state index in [-0.39, 0.29) is 5.91 Å². The molecule has 0 aromatic heterocycles. The van der Waals surface area contributed by atoms with E-state index in [4.69, 9.17) is 9.47 Å². The van der Waals surface area contributed by atoms with Crippen molar-refractivity contribution in [3.63, 3.8) is 0 Å². The molecule has 114 valence electrons. The van der Waals surface area contributed by atoms with Crippen LogP contribution in [0, 0.1) is 0 Å². The van der Waals surface area contributed by atoms with Gasteiger partial charge in [0.1, 0.15) is 13.2 Å². The third-order valence-corrected chi connectivity index (χ3v) is 4.20. The van der Waals surface area contributed by atoms with E-state index in [1.165, 1.54) is 0 Å². The van der Waals surface area contributed by atoms with Crippen LogP contribution in [0.5, 0.6) is 11.5 Å². The van der Waals surface area contributed by atoms with Crippen molar-refractivity contribution in [2.45, 2.75) is 0 Å². The van der Waals surface area contributed by atoms with E-state index >= 15 is 0 Å². The molecule has 0 saturated carbocycles. The molecular weight excluding hydrogens is 336 g/mol. The first kappa shape index (κ1) is 14.7. The minimum absolute atomic E-state index is 0.0745. The number of nitrogens with zero attached hydrogens (tertiary/aromatic N) is 2. The molecule has 21 heavy (non-hydrogen) atoms. The molecule has 1 amide bonds. The highest BCUT2D eigenvalue weighted by molar-refractivity contribution is 9.09. The fourth-order valence-corrected chi connectivity index (χ4v) is 3.15. The number of carbonyl (C=O) groups is 1. The van der Waals surface area contributed by atoms with Gasteiger partial charge in [-0.05, 0) is 18.2 Å². The van der Waals surface area contributed by atoms with Gasteiger partial charge in [-0.25, -0.2) is 0 Å². The van der Waals surface area contributed by atoms with E-state index in [1.54, 1.807) is 6.07 Å². The van der Waals surface area contributed by atoms with Crippen LogP contribution in [0.3, 0.4) is 0 Å². The number of rotatable bonds is 3. The van der Waals surface area contributed by atoms with Gasteiger partial charge in [0.2, 0.25) is 0 Å². The Labute approximate surface area is 132 Å². The molecule has 0 unspecified atom stereocenters. The Kier molecular flexibility index (Phi) is 4.65. The van der Waals surface area contributed by atoms with Gasteiger partial charge in [-0.15, -0.1) is 0 Å². The third-order valence-electron chi connectivity index (χ3n) is 3.85. The monoisotopic (exact) mass is 354 g/mol. The highest BCUT2D eigenvalue weighted by Gasteiger charge is 2.23. The summed E-state index contributed by atoms with van der Waals surface area (Å²) in [4.78, 5) is 16.8. The van der Waals surface area contributed by atoms with Crippen molar-refractivity contribution in [3.8, 4) is 11.5 Å². The molecule has 0 radical (unpaired) electrons.